The molecule has 1 heterocycles. The van der Waals surface area contributed by atoms with E-state index >= 15 is 0 Å². The number of anilines is 1. The van der Waals surface area contributed by atoms with Crippen molar-refractivity contribution >= 4 is 17.8 Å². The van der Waals surface area contributed by atoms with E-state index in [1.165, 1.54) is 5.56 Å². The third-order valence-corrected chi connectivity index (χ3v) is 3.05. The minimum atomic E-state index is 0.289. The Morgan fingerprint density at radius 2 is 2.33 bits per heavy atom. The smallest absolute Gasteiger partial charge is 0.0812 e. The Labute approximate surface area is 93.6 Å². The van der Waals surface area contributed by atoms with Crippen LogP contribution in [0.25, 0.3) is 0 Å². The highest BCUT2D eigenvalue weighted by molar-refractivity contribution is 7.94. The van der Waals surface area contributed by atoms with Crippen LogP contribution in [0.2, 0.25) is 0 Å². The van der Waals surface area contributed by atoms with Crippen molar-refractivity contribution < 1.29 is 3.89 Å². The summed E-state index contributed by atoms with van der Waals surface area (Å²) >= 11 is 0.289. The molecule has 0 fully saturated rings. The van der Waals surface area contributed by atoms with E-state index in [1.807, 2.05) is 12.1 Å². The molecule has 0 aliphatic carbocycles. The zero-order valence-electron chi connectivity index (χ0n) is 8.37. The van der Waals surface area contributed by atoms with Gasteiger partial charge in [0.1, 0.15) is 0 Å². The molecule has 78 valence electrons. The molecule has 0 amide bonds. The first kappa shape index (κ1) is 10.3. The van der Waals surface area contributed by atoms with Gasteiger partial charge in [0, 0.05) is 22.8 Å². The number of nitrogens with zero attached hydrogens (tertiary/aromatic N) is 1. The average molecular weight is 221 g/mol. The predicted molar refractivity (Wildman–Crippen MR) is 63.8 cm³/mol. The summed E-state index contributed by atoms with van der Waals surface area (Å²) in [6.07, 6.45) is 2.68. The van der Waals surface area contributed by atoms with Crippen LogP contribution in [0, 0.1) is 0 Å². The summed E-state index contributed by atoms with van der Waals surface area (Å²) in [6, 6.07) is 5.63. The molecular weight excluding hydrogens is 209 g/mol. The minimum absolute atomic E-state index is 0.289. The Bertz CT molecular complexity index is 414. The van der Waals surface area contributed by atoms with Crippen LogP contribution in [0.1, 0.15) is 5.56 Å². The number of hydrogen-bond acceptors (Lipinski definition) is 2. The van der Waals surface area contributed by atoms with Crippen molar-refractivity contribution in [3.05, 3.63) is 48.7 Å². The molecule has 0 bridgehead atoms. The first-order valence-electron chi connectivity index (χ1n) is 4.76. The van der Waals surface area contributed by atoms with Crippen LogP contribution in [0.15, 0.2) is 48.0 Å². The molecular formula is C12H12FNS. The van der Waals surface area contributed by atoms with E-state index in [-0.39, 0.29) is 12.1 Å². The zero-order valence-corrected chi connectivity index (χ0v) is 9.19. The molecule has 0 atom stereocenters. The van der Waals surface area contributed by atoms with Crippen LogP contribution < -0.4 is 4.90 Å². The Morgan fingerprint density at radius 1 is 1.53 bits per heavy atom. The number of rotatable bonds is 3. The summed E-state index contributed by atoms with van der Waals surface area (Å²) in [7, 11) is 0. The van der Waals surface area contributed by atoms with Crippen molar-refractivity contribution in [2.75, 3.05) is 11.4 Å². The normalized spacial score (nSPS) is 13.8. The second-order valence-electron chi connectivity index (χ2n) is 3.46. The molecule has 0 saturated carbocycles. The lowest BCUT2D eigenvalue weighted by atomic mass is 10.2. The fourth-order valence-electron chi connectivity index (χ4n) is 1.83. The van der Waals surface area contributed by atoms with Gasteiger partial charge >= 0.3 is 0 Å². The monoisotopic (exact) mass is 221 g/mol. The standard InChI is InChI=1S/C12H12FNS/c1-3-9(2)14-7-6-10-8-11(15-13)4-5-12(10)14/h3-5,8H,1-2,6-7H2. The summed E-state index contributed by atoms with van der Waals surface area (Å²) in [5, 5.41) is 0. The largest absolute Gasteiger partial charge is 0.341 e. The van der Waals surface area contributed by atoms with E-state index in [9.17, 15) is 3.89 Å². The van der Waals surface area contributed by atoms with E-state index in [2.05, 4.69) is 18.1 Å². The van der Waals surface area contributed by atoms with Gasteiger partial charge in [-0.25, -0.2) is 0 Å². The highest BCUT2D eigenvalue weighted by Crippen LogP contribution is 2.34. The van der Waals surface area contributed by atoms with Crippen LogP contribution >= 0.6 is 12.1 Å². The first-order valence-corrected chi connectivity index (χ1v) is 5.48. The number of fused-ring (bicyclic) bond motifs is 1. The van der Waals surface area contributed by atoms with Gasteiger partial charge in [-0.1, -0.05) is 13.2 Å². The highest BCUT2D eigenvalue weighted by Gasteiger charge is 2.20. The molecule has 3 heteroatoms. The molecule has 1 nitrogen and oxygen atoms in total. The summed E-state index contributed by atoms with van der Waals surface area (Å²) in [5.74, 6) is 0. The van der Waals surface area contributed by atoms with Crippen LogP contribution in [0.4, 0.5) is 9.57 Å². The first-order chi connectivity index (χ1) is 7.26. The maximum Gasteiger partial charge on any atom is 0.0812 e. The molecule has 1 aliphatic heterocycles. The summed E-state index contributed by atoms with van der Waals surface area (Å²) in [5.41, 5.74) is 3.20. The van der Waals surface area contributed by atoms with Crippen LogP contribution in [-0.2, 0) is 6.42 Å². The molecule has 1 aromatic rings. The Hall–Kier alpha value is -1.22. The topological polar surface area (TPSA) is 3.24 Å². The van der Waals surface area contributed by atoms with Crippen molar-refractivity contribution in [1.82, 2.24) is 0 Å². The quantitative estimate of drug-likeness (QED) is 0.715. The Balaban J connectivity index is 2.36. The van der Waals surface area contributed by atoms with Gasteiger partial charge in [-0.05, 0) is 36.3 Å². The van der Waals surface area contributed by atoms with Crippen LogP contribution in [0.3, 0.4) is 0 Å². The number of hydrogen-bond donors (Lipinski definition) is 0. The predicted octanol–water partition coefficient (Wildman–Crippen LogP) is 3.73. The lowest BCUT2D eigenvalue weighted by molar-refractivity contribution is 0.933. The molecule has 0 aromatic heterocycles. The van der Waals surface area contributed by atoms with Gasteiger partial charge in [0.15, 0.2) is 0 Å². The van der Waals surface area contributed by atoms with E-state index in [0.717, 1.165) is 24.4 Å². The minimum Gasteiger partial charge on any atom is -0.341 e. The zero-order chi connectivity index (χ0) is 10.8. The maximum absolute atomic E-state index is 12.4. The van der Waals surface area contributed by atoms with E-state index in [0.29, 0.717) is 4.90 Å². The molecule has 2 rings (SSSR count). The van der Waals surface area contributed by atoms with Crippen molar-refractivity contribution in [2.24, 2.45) is 0 Å². The number of halogens is 1. The van der Waals surface area contributed by atoms with E-state index in [4.69, 9.17) is 0 Å². The van der Waals surface area contributed by atoms with Gasteiger partial charge in [0.2, 0.25) is 0 Å². The van der Waals surface area contributed by atoms with Gasteiger partial charge in [-0.3, -0.25) is 0 Å². The Morgan fingerprint density at radius 3 is 3.00 bits per heavy atom. The van der Waals surface area contributed by atoms with E-state index in [1.54, 1.807) is 12.1 Å². The third kappa shape index (κ3) is 1.79. The number of allylic oxidation sites excluding steroid dienone is 1. The van der Waals surface area contributed by atoms with Crippen molar-refractivity contribution in [1.29, 1.82) is 0 Å². The summed E-state index contributed by atoms with van der Waals surface area (Å²) in [6.45, 7) is 8.54. The van der Waals surface area contributed by atoms with Crippen molar-refractivity contribution in [3.63, 3.8) is 0 Å². The third-order valence-electron chi connectivity index (χ3n) is 2.62. The molecule has 0 unspecified atom stereocenters. The second-order valence-corrected chi connectivity index (χ2v) is 4.09. The van der Waals surface area contributed by atoms with Crippen molar-refractivity contribution in [2.45, 2.75) is 11.3 Å². The average Bonchev–Trinajstić information content (AvgIpc) is 2.70. The SMILES string of the molecule is C=CC(=C)N1CCc2cc(SF)ccc21. The molecule has 15 heavy (non-hydrogen) atoms. The molecule has 0 saturated heterocycles. The molecule has 1 aromatic carbocycles. The maximum atomic E-state index is 12.4. The summed E-state index contributed by atoms with van der Waals surface area (Å²) < 4.78 is 12.4. The highest BCUT2D eigenvalue weighted by atomic mass is 32.2. The van der Waals surface area contributed by atoms with Gasteiger partial charge in [0.25, 0.3) is 0 Å². The lowest BCUT2D eigenvalue weighted by Crippen LogP contribution is -2.17. The van der Waals surface area contributed by atoms with Crippen LogP contribution in [0.5, 0.6) is 0 Å². The van der Waals surface area contributed by atoms with Gasteiger partial charge in [0.05, 0.1) is 12.1 Å². The lowest BCUT2D eigenvalue weighted by Gasteiger charge is -2.19. The fraction of sp³-hybridized carbons (Fsp3) is 0.167. The molecule has 0 radical (unpaired) electrons. The molecule has 0 spiro atoms. The van der Waals surface area contributed by atoms with Crippen molar-refractivity contribution in [3.8, 4) is 0 Å². The fourth-order valence-corrected chi connectivity index (χ4v) is 2.14. The van der Waals surface area contributed by atoms with Gasteiger partial charge in [-0.2, -0.15) is 3.89 Å². The van der Waals surface area contributed by atoms with E-state index < -0.39 is 0 Å². The van der Waals surface area contributed by atoms with Gasteiger partial charge < -0.3 is 4.90 Å². The Kier molecular flexibility index (Phi) is 2.82. The molecule has 0 N–H and O–H groups in total. The molecule has 1 aliphatic rings. The van der Waals surface area contributed by atoms with Crippen LogP contribution in [-0.4, -0.2) is 6.54 Å². The summed E-state index contributed by atoms with van der Waals surface area (Å²) in [4.78, 5) is 2.77. The number of benzene rings is 1. The second kappa shape index (κ2) is 4.11. The van der Waals surface area contributed by atoms with Gasteiger partial charge in [-0.15, -0.1) is 0 Å².